The maximum atomic E-state index is 10.0. The van der Waals surface area contributed by atoms with Gasteiger partial charge in [-0.3, -0.25) is 4.99 Å². The summed E-state index contributed by atoms with van der Waals surface area (Å²) in [6, 6.07) is 0. The quantitative estimate of drug-likeness (QED) is 0.531. The third-order valence-corrected chi connectivity index (χ3v) is 1.12. The number of hydrogen-bond acceptors (Lipinski definition) is 2. The van der Waals surface area contributed by atoms with Crippen LogP contribution in [0.4, 0.5) is 0 Å². The maximum absolute atomic E-state index is 10.0. The van der Waals surface area contributed by atoms with Crippen molar-refractivity contribution in [2.24, 2.45) is 4.99 Å². The van der Waals surface area contributed by atoms with Crippen molar-refractivity contribution in [3.05, 3.63) is 0 Å². The van der Waals surface area contributed by atoms with E-state index < -0.39 is 5.97 Å². The summed E-state index contributed by atoms with van der Waals surface area (Å²) in [6.45, 7) is 3.55. The molecule has 3 heteroatoms. The van der Waals surface area contributed by atoms with E-state index in [2.05, 4.69) is 4.99 Å². The van der Waals surface area contributed by atoms with Gasteiger partial charge in [-0.2, -0.15) is 0 Å². The summed E-state index contributed by atoms with van der Waals surface area (Å²) in [5.74, 6) is -0.894. The molecule has 0 fully saturated rings. The second-order valence-electron chi connectivity index (χ2n) is 2.32. The molecule has 0 bridgehead atoms. The number of aliphatic imine (C=N–C) groups is 1. The van der Waals surface area contributed by atoms with Gasteiger partial charge in [-0.05, 0) is 13.8 Å². The monoisotopic (exact) mass is 113 g/mol. The Morgan fingerprint density at radius 1 is 1.75 bits per heavy atom. The molecule has 0 spiro atoms. The van der Waals surface area contributed by atoms with Crippen LogP contribution in [0.5, 0.6) is 0 Å². The highest BCUT2D eigenvalue weighted by atomic mass is 16.4. The average Bonchev–Trinajstić information content (AvgIpc) is 2.13. The van der Waals surface area contributed by atoms with E-state index in [0.29, 0.717) is 0 Å². The molecular formula is C5H7NO2. The molecule has 8 heavy (non-hydrogen) atoms. The van der Waals surface area contributed by atoms with E-state index in [1.165, 1.54) is 0 Å². The van der Waals surface area contributed by atoms with E-state index in [1.54, 1.807) is 13.8 Å². The van der Waals surface area contributed by atoms with Gasteiger partial charge in [0.15, 0.2) is 0 Å². The van der Waals surface area contributed by atoms with Crippen LogP contribution in [0.25, 0.3) is 0 Å². The highest BCUT2D eigenvalue weighted by molar-refractivity contribution is 6.45. The lowest BCUT2D eigenvalue weighted by Crippen LogP contribution is -2.15. The highest BCUT2D eigenvalue weighted by Gasteiger charge is 2.42. The maximum Gasteiger partial charge on any atom is 0.352 e. The smallest absolute Gasteiger partial charge is 0.352 e. The van der Waals surface area contributed by atoms with Gasteiger partial charge >= 0.3 is 5.97 Å². The topological polar surface area (TPSA) is 49.7 Å². The molecular weight excluding hydrogens is 106 g/mol. The molecule has 0 unspecified atom stereocenters. The first kappa shape index (κ1) is 5.28. The molecule has 0 saturated carbocycles. The molecule has 0 aromatic carbocycles. The van der Waals surface area contributed by atoms with Crippen LogP contribution >= 0.6 is 0 Å². The third-order valence-electron chi connectivity index (χ3n) is 1.12. The molecule has 1 aliphatic heterocycles. The molecule has 1 aliphatic rings. The van der Waals surface area contributed by atoms with Gasteiger partial charge in [0.05, 0.1) is 0 Å². The largest absolute Gasteiger partial charge is 0.477 e. The molecule has 0 saturated heterocycles. The lowest BCUT2D eigenvalue weighted by Gasteiger charge is -1.91. The summed E-state index contributed by atoms with van der Waals surface area (Å²) in [4.78, 5) is 13.8. The van der Waals surface area contributed by atoms with Gasteiger partial charge in [0.25, 0.3) is 0 Å². The van der Waals surface area contributed by atoms with Crippen LogP contribution in [0.15, 0.2) is 4.99 Å². The SMILES string of the molecule is CC1(C)N=C1C(=O)O. The second-order valence-corrected chi connectivity index (χ2v) is 2.32. The number of carboxylic acid groups (broad SMARTS) is 1. The van der Waals surface area contributed by atoms with Gasteiger partial charge in [0.1, 0.15) is 11.3 Å². The summed E-state index contributed by atoms with van der Waals surface area (Å²) in [5, 5.41) is 8.26. The van der Waals surface area contributed by atoms with Crippen molar-refractivity contribution in [1.82, 2.24) is 0 Å². The van der Waals surface area contributed by atoms with E-state index in [0.717, 1.165) is 0 Å². The number of rotatable bonds is 1. The second kappa shape index (κ2) is 1.10. The average molecular weight is 113 g/mol. The number of carbonyl (C=O) groups is 1. The van der Waals surface area contributed by atoms with Crippen LogP contribution in [0.1, 0.15) is 13.8 Å². The number of nitrogens with zero attached hydrogens (tertiary/aromatic N) is 1. The Hall–Kier alpha value is -0.860. The first-order chi connectivity index (χ1) is 3.54. The van der Waals surface area contributed by atoms with Gasteiger partial charge < -0.3 is 5.11 Å². The van der Waals surface area contributed by atoms with Gasteiger partial charge in [0, 0.05) is 0 Å². The van der Waals surface area contributed by atoms with Crippen LogP contribution in [0.2, 0.25) is 0 Å². The van der Waals surface area contributed by atoms with Crippen LogP contribution in [0.3, 0.4) is 0 Å². The van der Waals surface area contributed by atoms with Crippen molar-refractivity contribution in [2.75, 3.05) is 0 Å². The molecule has 44 valence electrons. The molecule has 0 aromatic heterocycles. The Morgan fingerprint density at radius 2 is 2.12 bits per heavy atom. The summed E-state index contributed by atoms with van der Waals surface area (Å²) in [5.41, 5.74) is -0.0799. The van der Waals surface area contributed by atoms with E-state index in [9.17, 15) is 4.79 Å². The van der Waals surface area contributed by atoms with E-state index >= 15 is 0 Å². The van der Waals surface area contributed by atoms with Crippen LogP contribution in [0, 0.1) is 0 Å². The molecule has 1 rings (SSSR count). The molecule has 0 aromatic rings. The fourth-order valence-corrected chi connectivity index (χ4v) is 0.561. The predicted octanol–water partition coefficient (Wildman–Crippen LogP) is 0.304. The fourth-order valence-electron chi connectivity index (χ4n) is 0.561. The molecule has 0 atom stereocenters. The standard InChI is InChI=1S/C5H7NO2/c1-5(2)3(6-5)4(7)8/h1-2H3,(H,7,8). The van der Waals surface area contributed by atoms with Gasteiger partial charge in [0.2, 0.25) is 0 Å². The zero-order valence-corrected chi connectivity index (χ0v) is 4.80. The van der Waals surface area contributed by atoms with Crippen molar-refractivity contribution in [1.29, 1.82) is 0 Å². The van der Waals surface area contributed by atoms with E-state index in [-0.39, 0.29) is 11.3 Å². The minimum atomic E-state index is -0.894. The lowest BCUT2D eigenvalue weighted by atomic mass is 10.1. The zero-order chi connectivity index (χ0) is 6.36. The Bertz CT molecular complexity index is 169. The fraction of sp³-hybridized carbons (Fsp3) is 0.600. The summed E-state index contributed by atoms with van der Waals surface area (Å²) < 4.78 is 0. The van der Waals surface area contributed by atoms with Crippen molar-refractivity contribution < 1.29 is 9.90 Å². The molecule has 1 N–H and O–H groups in total. The van der Waals surface area contributed by atoms with Crippen molar-refractivity contribution >= 4 is 11.7 Å². The third kappa shape index (κ3) is 0.598. The predicted molar refractivity (Wildman–Crippen MR) is 29.1 cm³/mol. The Kier molecular flexibility index (Phi) is 0.726. The van der Waals surface area contributed by atoms with Gasteiger partial charge in [-0.15, -0.1) is 0 Å². The van der Waals surface area contributed by atoms with Crippen molar-refractivity contribution in [3.8, 4) is 0 Å². The summed E-state index contributed by atoms with van der Waals surface area (Å²) in [7, 11) is 0. The van der Waals surface area contributed by atoms with Crippen LogP contribution < -0.4 is 0 Å². The Labute approximate surface area is 47.0 Å². The number of aliphatic carboxylic acids is 1. The van der Waals surface area contributed by atoms with Gasteiger partial charge in [-0.1, -0.05) is 0 Å². The minimum absolute atomic E-state index is 0.289. The molecule has 0 amide bonds. The van der Waals surface area contributed by atoms with Crippen LogP contribution in [-0.4, -0.2) is 22.3 Å². The highest BCUT2D eigenvalue weighted by Crippen LogP contribution is 2.25. The van der Waals surface area contributed by atoms with E-state index in [4.69, 9.17) is 5.11 Å². The normalized spacial score (nSPS) is 22.0. The first-order valence-corrected chi connectivity index (χ1v) is 2.37. The van der Waals surface area contributed by atoms with Crippen molar-refractivity contribution in [2.45, 2.75) is 19.4 Å². The van der Waals surface area contributed by atoms with Crippen molar-refractivity contribution in [3.63, 3.8) is 0 Å². The van der Waals surface area contributed by atoms with E-state index in [1.807, 2.05) is 0 Å². The first-order valence-electron chi connectivity index (χ1n) is 2.37. The zero-order valence-electron chi connectivity index (χ0n) is 4.80. The molecule has 3 nitrogen and oxygen atoms in total. The Balaban J connectivity index is 2.59. The molecule has 0 aliphatic carbocycles. The number of hydrogen-bond donors (Lipinski definition) is 1. The van der Waals surface area contributed by atoms with Gasteiger partial charge in [-0.25, -0.2) is 4.79 Å². The summed E-state index contributed by atoms with van der Waals surface area (Å²) >= 11 is 0. The molecule has 1 heterocycles. The summed E-state index contributed by atoms with van der Waals surface area (Å²) in [6.07, 6.45) is 0. The lowest BCUT2D eigenvalue weighted by molar-refractivity contribution is -0.129. The minimum Gasteiger partial charge on any atom is -0.477 e. The molecule has 0 radical (unpaired) electrons. The Morgan fingerprint density at radius 3 is 2.12 bits per heavy atom. The van der Waals surface area contributed by atoms with Crippen LogP contribution in [-0.2, 0) is 4.79 Å². The number of carboxylic acids is 1.